The van der Waals surface area contributed by atoms with Gasteiger partial charge in [-0.05, 0) is 72.2 Å². The molecule has 1 heterocycles. The third kappa shape index (κ3) is 5.41. The number of aryl methyl sites for hydroxylation is 2. The maximum absolute atomic E-state index is 13.3. The Bertz CT molecular complexity index is 1470. The molecule has 0 aliphatic heterocycles. The van der Waals surface area contributed by atoms with Crippen molar-refractivity contribution in [1.29, 1.82) is 0 Å². The summed E-state index contributed by atoms with van der Waals surface area (Å²) in [5.41, 5.74) is 8.18. The molecule has 0 spiro atoms. The number of nitrogens with one attached hydrogen (secondary N) is 1. The van der Waals surface area contributed by atoms with Gasteiger partial charge in [-0.15, -0.1) is 0 Å². The molecule has 4 aromatic carbocycles. The number of anilines is 1. The Labute approximate surface area is 213 Å². The third-order valence-electron chi connectivity index (χ3n) is 7.00. The van der Waals surface area contributed by atoms with Gasteiger partial charge in [0.05, 0.1) is 0 Å². The van der Waals surface area contributed by atoms with Gasteiger partial charge in [-0.3, -0.25) is 4.79 Å². The molecule has 0 aliphatic rings. The predicted octanol–water partition coefficient (Wildman–Crippen LogP) is 7.66. The fraction of sp³-hybridized carbons (Fsp3) is 0.182. The lowest BCUT2D eigenvalue weighted by Gasteiger charge is -2.17. The van der Waals surface area contributed by atoms with Gasteiger partial charge in [0, 0.05) is 35.8 Å². The Morgan fingerprint density at radius 3 is 2.17 bits per heavy atom. The first-order valence-electron chi connectivity index (χ1n) is 12.6. The van der Waals surface area contributed by atoms with Crippen LogP contribution in [0.1, 0.15) is 40.2 Å². The number of para-hydroxylation sites is 1. The highest BCUT2D eigenvalue weighted by Crippen LogP contribution is 2.33. The molecule has 180 valence electrons. The standard InChI is InChI=1S/C33H32N2O/c1-24-17-18-29(19-25(24)2)34-33(36)21-28(20-26-11-5-3-6-12-26)31-23-35(22-27-13-7-4-8-14-27)32-16-10-9-15-30(31)32/h3-19,23,28H,20-22H2,1-2H3,(H,34,36). The van der Waals surface area contributed by atoms with Crippen molar-refractivity contribution in [3.8, 4) is 0 Å². The molecule has 0 radical (unpaired) electrons. The van der Waals surface area contributed by atoms with Crippen LogP contribution in [0, 0.1) is 13.8 Å². The van der Waals surface area contributed by atoms with Crippen LogP contribution in [0.5, 0.6) is 0 Å². The molecule has 3 nitrogen and oxygen atoms in total. The zero-order valence-electron chi connectivity index (χ0n) is 20.9. The quantitative estimate of drug-likeness (QED) is 0.247. The van der Waals surface area contributed by atoms with Crippen molar-refractivity contribution in [1.82, 2.24) is 4.57 Å². The number of amides is 1. The molecule has 1 unspecified atom stereocenters. The number of rotatable bonds is 8. The molecule has 5 rings (SSSR count). The molecule has 1 amide bonds. The summed E-state index contributed by atoms with van der Waals surface area (Å²) in [6.45, 7) is 4.96. The molecular weight excluding hydrogens is 440 g/mol. The van der Waals surface area contributed by atoms with Crippen molar-refractivity contribution >= 4 is 22.5 Å². The number of nitrogens with zero attached hydrogens (tertiary/aromatic N) is 1. The van der Waals surface area contributed by atoms with E-state index in [9.17, 15) is 4.79 Å². The van der Waals surface area contributed by atoms with Crippen LogP contribution in [0.2, 0.25) is 0 Å². The smallest absolute Gasteiger partial charge is 0.224 e. The average Bonchev–Trinajstić information content (AvgIpc) is 3.25. The summed E-state index contributed by atoms with van der Waals surface area (Å²) < 4.78 is 2.32. The van der Waals surface area contributed by atoms with Crippen LogP contribution < -0.4 is 5.32 Å². The Morgan fingerprint density at radius 2 is 1.44 bits per heavy atom. The molecule has 0 saturated carbocycles. The van der Waals surface area contributed by atoms with E-state index < -0.39 is 0 Å². The number of fused-ring (bicyclic) bond motifs is 1. The molecule has 0 fully saturated rings. The van der Waals surface area contributed by atoms with Crippen molar-refractivity contribution < 1.29 is 4.79 Å². The Kier molecular flexibility index (Phi) is 6.99. The molecule has 1 N–H and O–H groups in total. The van der Waals surface area contributed by atoms with Crippen LogP contribution in [0.25, 0.3) is 10.9 Å². The number of carbonyl (C=O) groups is 1. The predicted molar refractivity (Wildman–Crippen MR) is 150 cm³/mol. The monoisotopic (exact) mass is 472 g/mol. The minimum Gasteiger partial charge on any atom is -0.343 e. The second kappa shape index (κ2) is 10.7. The zero-order valence-corrected chi connectivity index (χ0v) is 20.9. The van der Waals surface area contributed by atoms with Gasteiger partial charge in [-0.1, -0.05) is 84.9 Å². The fourth-order valence-electron chi connectivity index (χ4n) is 4.96. The first kappa shape index (κ1) is 23.6. The van der Waals surface area contributed by atoms with Gasteiger partial charge < -0.3 is 9.88 Å². The van der Waals surface area contributed by atoms with Crippen LogP contribution in [-0.2, 0) is 17.8 Å². The van der Waals surface area contributed by atoms with E-state index >= 15 is 0 Å². The van der Waals surface area contributed by atoms with E-state index in [2.05, 4.69) is 109 Å². The summed E-state index contributed by atoms with van der Waals surface area (Å²) in [7, 11) is 0. The van der Waals surface area contributed by atoms with Gasteiger partial charge in [0.25, 0.3) is 0 Å². The summed E-state index contributed by atoms with van der Waals surface area (Å²) in [5, 5.41) is 4.36. The summed E-state index contributed by atoms with van der Waals surface area (Å²) >= 11 is 0. The maximum Gasteiger partial charge on any atom is 0.224 e. The molecule has 0 bridgehead atoms. The number of aromatic nitrogens is 1. The zero-order chi connectivity index (χ0) is 24.9. The summed E-state index contributed by atoms with van der Waals surface area (Å²) in [4.78, 5) is 13.3. The number of hydrogen-bond donors (Lipinski definition) is 1. The van der Waals surface area contributed by atoms with Crippen LogP contribution >= 0.6 is 0 Å². The van der Waals surface area contributed by atoms with E-state index in [1.807, 2.05) is 24.3 Å². The molecule has 1 aromatic heterocycles. The summed E-state index contributed by atoms with van der Waals surface area (Å²) in [5.74, 6) is 0.0972. The van der Waals surface area contributed by atoms with Gasteiger partial charge in [0.2, 0.25) is 5.91 Å². The number of hydrogen-bond acceptors (Lipinski definition) is 1. The number of benzene rings is 4. The molecule has 5 aromatic rings. The normalized spacial score (nSPS) is 11.9. The second-order valence-corrected chi connectivity index (χ2v) is 9.65. The summed E-state index contributed by atoms with van der Waals surface area (Å²) in [6, 6.07) is 35.6. The first-order chi connectivity index (χ1) is 17.6. The lowest BCUT2D eigenvalue weighted by Crippen LogP contribution is -2.17. The molecule has 1 atom stereocenters. The molecule has 0 aliphatic carbocycles. The molecule has 36 heavy (non-hydrogen) atoms. The fourth-order valence-corrected chi connectivity index (χ4v) is 4.96. The van der Waals surface area contributed by atoms with Gasteiger partial charge in [-0.2, -0.15) is 0 Å². The van der Waals surface area contributed by atoms with Crippen LogP contribution in [0.15, 0.2) is 109 Å². The SMILES string of the molecule is Cc1ccc(NC(=O)CC(Cc2ccccc2)c2cn(Cc3ccccc3)c3ccccc23)cc1C. The van der Waals surface area contributed by atoms with Crippen molar-refractivity contribution in [2.75, 3.05) is 5.32 Å². The number of carbonyl (C=O) groups excluding carboxylic acids is 1. The van der Waals surface area contributed by atoms with E-state index in [-0.39, 0.29) is 11.8 Å². The first-order valence-corrected chi connectivity index (χ1v) is 12.6. The average molecular weight is 473 g/mol. The maximum atomic E-state index is 13.3. The second-order valence-electron chi connectivity index (χ2n) is 9.65. The van der Waals surface area contributed by atoms with E-state index in [0.717, 1.165) is 18.7 Å². The molecule has 3 heteroatoms. The minimum atomic E-state index is 0.0408. The van der Waals surface area contributed by atoms with Gasteiger partial charge in [-0.25, -0.2) is 0 Å². The molecular formula is C33H32N2O. The Balaban J connectivity index is 1.48. The Morgan fingerprint density at radius 1 is 0.778 bits per heavy atom. The highest BCUT2D eigenvalue weighted by atomic mass is 16.1. The van der Waals surface area contributed by atoms with Gasteiger partial charge in [0.1, 0.15) is 0 Å². The summed E-state index contributed by atoms with van der Waals surface area (Å²) in [6.07, 6.45) is 3.48. The van der Waals surface area contributed by atoms with Crippen LogP contribution in [0.4, 0.5) is 5.69 Å². The van der Waals surface area contributed by atoms with Crippen molar-refractivity contribution in [3.05, 3.63) is 137 Å². The van der Waals surface area contributed by atoms with Gasteiger partial charge >= 0.3 is 0 Å². The highest BCUT2D eigenvalue weighted by molar-refractivity contribution is 5.92. The Hall–Kier alpha value is -4.11. The highest BCUT2D eigenvalue weighted by Gasteiger charge is 2.22. The van der Waals surface area contributed by atoms with Crippen molar-refractivity contribution in [2.24, 2.45) is 0 Å². The minimum absolute atomic E-state index is 0.0408. The van der Waals surface area contributed by atoms with E-state index in [0.29, 0.717) is 6.42 Å². The van der Waals surface area contributed by atoms with E-state index in [4.69, 9.17) is 0 Å². The van der Waals surface area contributed by atoms with Gasteiger partial charge in [0.15, 0.2) is 0 Å². The van der Waals surface area contributed by atoms with Crippen LogP contribution in [0.3, 0.4) is 0 Å². The van der Waals surface area contributed by atoms with Crippen molar-refractivity contribution in [3.63, 3.8) is 0 Å². The third-order valence-corrected chi connectivity index (χ3v) is 7.00. The topological polar surface area (TPSA) is 34.0 Å². The lowest BCUT2D eigenvalue weighted by molar-refractivity contribution is -0.116. The van der Waals surface area contributed by atoms with Crippen LogP contribution in [-0.4, -0.2) is 10.5 Å². The largest absolute Gasteiger partial charge is 0.343 e. The lowest BCUT2D eigenvalue weighted by atomic mass is 9.88. The van der Waals surface area contributed by atoms with E-state index in [1.165, 1.54) is 38.7 Å². The van der Waals surface area contributed by atoms with Crippen molar-refractivity contribution in [2.45, 2.75) is 39.2 Å². The van der Waals surface area contributed by atoms with E-state index in [1.54, 1.807) is 0 Å². The molecule has 0 saturated heterocycles.